The van der Waals surface area contributed by atoms with Crippen molar-refractivity contribution in [2.24, 2.45) is 0 Å². The number of hydrogen-bond donors (Lipinski definition) is 1. The molecule has 0 atom stereocenters. The highest BCUT2D eigenvalue weighted by Crippen LogP contribution is 2.33. The molecule has 0 radical (unpaired) electrons. The van der Waals surface area contributed by atoms with Gasteiger partial charge in [-0.25, -0.2) is 0 Å². The summed E-state index contributed by atoms with van der Waals surface area (Å²) in [6.45, 7) is 2.52. The maximum absolute atomic E-state index is 13.1. The first kappa shape index (κ1) is 18.1. The second-order valence-electron chi connectivity index (χ2n) is 7.48. The average molecular weight is 383 g/mol. The van der Waals surface area contributed by atoms with Gasteiger partial charge in [0, 0.05) is 23.3 Å². The van der Waals surface area contributed by atoms with Gasteiger partial charge >= 0.3 is 0 Å². The summed E-state index contributed by atoms with van der Waals surface area (Å²) < 4.78 is 0. The van der Waals surface area contributed by atoms with Crippen LogP contribution < -0.4 is 5.32 Å². The maximum atomic E-state index is 13.1. The Morgan fingerprint density at radius 1 is 1.15 bits per heavy atom. The quantitative estimate of drug-likeness (QED) is 0.794. The molecule has 0 saturated heterocycles. The minimum atomic E-state index is -0.268. The lowest BCUT2D eigenvalue weighted by molar-refractivity contribution is 0.0657. The number of nitrogens with one attached hydrogen (secondary N) is 1. The maximum Gasteiger partial charge on any atom is 0.256 e. The van der Waals surface area contributed by atoms with E-state index in [2.05, 4.69) is 5.32 Å². The molecule has 4 nitrogen and oxygen atoms in total. The van der Waals surface area contributed by atoms with Gasteiger partial charge in [-0.2, -0.15) is 0 Å². The van der Waals surface area contributed by atoms with Crippen molar-refractivity contribution in [2.75, 3.05) is 5.32 Å². The summed E-state index contributed by atoms with van der Waals surface area (Å²) in [4.78, 5) is 28.0. The van der Waals surface area contributed by atoms with E-state index in [0.29, 0.717) is 34.4 Å². The Labute approximate surface area is 164 Å². The summed E-state index contributed by atoms with van der Waals surface area (Å²) in [7, 11) is 0. The van der Waals surface area contributed by atoms with Crippen molar-refractivity contribution in [1.29, 1.82) is 0 Å². The number of carbonyl (C=O) groups excluding carboxylic acids is 2. The Bertz CT molecular complexity index is 903. The predicted molar refractivity (Wildman–Crippen MR) is 107 cm³/mol. The zero-order chi connectivity index (χ0) is 19.0. The number of carbonyl (C=O) groups is 2. The minimum Gasteiger partial charge on any atom is -0.331 e. The molecule has 27 heavy (non-hydrogen) atoms. The van der Waals surface area contributed by atoms with Crippen LogP contribution in [0.1, 0.15) is 63.9 Å². The van der Waals surface area contributed by atoms with Crippen LogP contribution >= 0.6 is 11.6 Å². The summed E-state index contributed by atoms with van der Waals surface area (Å²) in [5.41, 5.74) is 3.53. The second-order valence-corrected chi connectivity index (χ2v) is 7.91. The normalized spacial score (nSPS) is 17.1. The molecule has 1 aliphatic carbocycles. The van der Waals surface area contributed by atoms with Gasteiger partial charge in [0.25, 0.3) is 11.8 Å². The first-order valence-electron chi connectivity index (χ1n) is 9.55. The molecule has 1 saturated carbocycles. The number of halogens is 1. The Morgan fingerprint density at radius 3 is 2.70 bits per heavy atom. The first-order valence-corrected chi connectivity index (χ1v) is 9.93. The number of anilines is 1. The van der Waals surface area contributed by atoms with Gasteiger partial charge in [-0.05, 0) is 49.1 Å². The molecule has 5 heteroatoms. The van der Waals surface area contributed by atoms with Gasteiger partial charge in [0.2, 0.25) is 0 Å². The number of aryl methyl sites for hydroxylation is 1. The molecule has 1 N–H and O–H groups in total. The van der Waals surface area contributed by atoms with E-state index in [-0.39, 0.29) is 11.8 Å². The largest absolute Gasteiger partial charge is 0.331 e. The third kappa shape index (κ3) is 3.46. The lowest BCUT2D eigenvalue weighted by Gasteiger charge is -2.30. The van der Waals surface area contributed by atoms with E-state index < -0.39 is 0 Å². The molecule has 4 rings (SSSR count). The van der Waals surface area contributed by atoms with E-state index in [0.717, 1.165) is 24.0 Å². The van der Waals surface area contributed by atoms with Gasteiger partial charge in [0.05, 0.1) is 11.1 Å². The second kappa shape index (κ2) is 7.35. The molecular formula is C22H23ClN2O2. The predicted octanol–water partition coefficient (Wildman–Crippen LogP) is 5.19. The molecule has 0 aromatic heterocycles. The van der Waals surface area contributed by atoms with Crippen molar-refractivity contribution in [3.05, 3.63) is 63.7 Å². The van der Waals surface area contributed by atoms with Crippen molar-refractivity contribution < 1.29 is 9.59 Å². The van der Waals surface area contributed by atoms with Crippen LogP contribution in [0.5, 0.6) is 0 Å². The van der Waals surface area contributed by atoms with Crippen molar-refractivity contribution in [2.45, 2.75) is 51.6 Å². The minimum absolute atomic E-state index is 0.00883. The molecule has 2 aromatic carbocycles. The third-order valence-corrected chi connectivity index (χ3v) is 5.91. The lowest BCUT2D eigenvalue weighted by atomic mass is 9.94. The average Bonchev–Trinajstić information content (AvgIpc) is 3.02. The molecule has 1 aliphatic heterocycles. The number of amides is 2. The highest BCUT2D eigenvalue weighted by Gasteiger charge is 2.36. The summed E-state index contributed by atoms with van der Waals surface area (Å²) in [5, 5.41) is 3.48. The zero-order valence-electron chi connectivity index (χ0n) is 15.4. The van der Waals surface area contributed by atoms with Gasteiger partial charge in [-0.1, -0.05) is 49.1 Å². The lowest BCUT2D eigenvalue weighted by Crippen LogP contribution is -2.37. The van der Waals surface area contributed by atoms with Crippen LogP contribution in [0, 0.1) is 6.92 Å². The van der Waals surface area contributed by atoms with E-state index >= 15 is 0 Å². The van der Waals surface area contributed by atoms with Crippen molar-refractivity contribution in [3.8, 4) is 0 Å². The number of fused-ring (bicyclic) bond motifs is 1. The van der Waals surface area contributed by atoms with Crippen LogP contribution in [-0.2, 0) is 6.54 Å². The van der Waals surface area contributed by atoms with E-state index in [4.69, 9.17) is 11.6 Å². The summed E-state index contributed by atoms with van der Waals surface area (Å²) in [5.74, 6) is -0.276. The molecule has 0 spiro atoms. The number of hydrogen-bond acceptors (Lipinski definition) is 2. The Hall–Kier alpha value is -2.33. The van der Waals surface area contributed by atoms with Crippen LogP contribution in [0.25, 0.3) is 0 Å². The smallest absolute Gasteiger partial charge is 0.256 e. The fourth-order valence-electron chi connectivity index (χ4n) is 4.18. The van der Waals surface area contributed by atoms with Crippen LogP contribution in [-0.4, -0.2) is 22.8 Å². The molecule has 2 amide bonds. The fraction of sp³-hybridized carbons (Fsp3) is 0.364. The molecule has 1 fully saturated rings. The molecule has 0 bridgehead atoms. The SMILES string of the molecule is Cc1ccc(Cl)cc1NC(=O)c1cccc2c1C(=O)N(C1CCCCC1)C2. The Balaban J connectivity index is 1.61. The van der Waals surface area contributed by atoms with Crippen molar-refractivity contribution in [3.63, 3.8) is 0 Å². The van der Waals surface area contributed by atoms with Crippen molar-refractivity contribution >= 4 is 29.1 Å². The van der Waals surface area contributed by atoms with Gasteiger partial charge in [0.15, 0.2) is 0 Å². The van der Waals surface area contributed by atoms with Gasteiger partial charge in [-0.15, -0.1) is 0 Å². The topological polar surface area (TPSA) is 49.4 Å². The van der Waals surface area contributed by atoms with E-state index in [1.165, 1.54) is 19.3 Å². The molecule has 1 heterocycles. The highest BCUT2D eigenvalue weighted by molar-refractivity contribution is 6.31. The molecule has 0 unspecified atom stereocenters. The number of nitrogens with zero attached hydrogens (tertiary/aromatic N) is 1. The van der Waals surface area contributed by atoms with E-state index in [9.17, 15) is 9.59 Å². The van der Waals surface area contributed by atoms with Crippen molar-refractivity contribution in [1.82, 2.24) is 4.90 Å². The number of rotatable bonds is 3. The summed E-state index contributed by atoms with van der Waals surface area (Å²) in [6, 6.07) is 11.2. The molecule has 140 valence electrons. The van der Waals surface area contributed by atoms with Gasteiger partial charge in [0.1, 0.15) is 0 Å². The van der Waals surface area contributed by atoms with E-state index in [1.54, 1.807) is 18.2 Å². The summed E-state index contributed by atoms with van der Waals surface area (Å²) in [6.07, 6.45) is 5.71. The van der Waals surface area contributed by atoms with Crippen LogP contribution in [0.15, 0.2) is 36.4 Å². The van der Waals surface area contributed by atoms with Crippen LogP contribution in [0.3, 0.4) is 0 Å². The Morgan fingerprint density at radius 2 is 1.93 bits per heavy atom. The summed E-state index contributed by atoms with van der Waals surface area (Å²) >= 11 is 6.06. The van der Waals surface area contributed by atoms with E-state index in [1.807, 2.05) is 30.0 Å². The third-order valence-electron chi connectivity index (χ3n) is 5.67. The fourth-order valence-corrected chi connectivity index (χ4v) is 4.35. The van der Waals surface area contributed by atoms with Gasteiger partial charge < -0.3 is 10.2 Å². The monoisotopic (exact) mass is 382 g/mol. The molecule has 2 aliphatic rings. The molecule has 2 aromatic rings. The zero-order valence-corrected chi connectivity index (χ0v) is 16.2. The van der Waals surface area contributed by atoms with Crippen LogP contribution in [0.4, 0.5) is 5.69 Å². The Kier molecular flexibility index (Phi) is 4.92. The highest BCUT2D eigenvalue weighted by atomic mass is 35.5. The number of benzene rings is 2. The standard InChI is InChI=1S/C22H23ClN2O2/c1-14-10-11-16(23)12-19(14)24-21(26)18-9-5-6-15-13-25(22(27)20(15)18)17-7-3-2-4-8-17/h5-6,9-12,17H,2-4,7-8,13H2,1H3,(H,24,26). The first-order chi connectivity index (χ1) is 13.0. The van der Waals surface area contributed by atoms with Gasteiger partial charge in [-0.3, -0.25) is 9.59 Å². The molecular weight excluding hydrogens is 360 g/mol. The van der Waals surface area contributed by atoms with Crippen LogP contribution in [0.2, 0.25) is 5.02 Å².